The molecule has 0 saturated heterocycles. The second-order valence-corrected chi connectivity index (χ2v) is 5.55. The molecular weight excluding hydrogens is 254 g/mol. The first-order valence-electron chi connectivity index (χ1n) is 6.76. The average Bonchev–Trinajstić information content (AvgIpc) is 2.36. The van der Waals surface area contributed by atoms with Gasteiger partial charge in [0.2, 0.25) is 0 Å². The zero-order chi connectivity index (χ0) is 15.3. The summed E-state index contributed by atoms with van der Waals surface area (Å²) in [6.45, 7) is 7.32. The van der Waals surface area contributed by atoms with Crippen LogP contribution in [0.1, 0.15) is 31.1 Å². The standard InChI is InChI=1S/C15H25N3O2/c1-6-20-15(2,3)10-17-13-8-7-11(9-12(13)16)14(19)18(4)5/h7-9,17H,6,10,16H2,1-5H3. The normalized spacial score (nSPS) is 11.2. The quantitative estimate of drug-likeness (QED) is 0.783. The number of amides is 1. The first-order valence-corrected chi connectivity index (χ1v) is 6.76. The predicted molar refractivity (Wildman–Crippen MR) is 83.1 cm³/mol. The molecular formula is C15H25N3O2. The molecule has 0 radical (unpaired) electrons. The molecule has 0 spiro atoms. The minimum Gasteiger partial charge on any atom is -0.397 e. The number of nitrogens with zero attached hydrogens (tertiary/aromatic N) is 1. The van der Waals surface area contributed by atoms with E-state index in [4.69, 9.17) is 10.5 Å². The van der Waals surface area contributed by atoms with E-state index in [2.05, 4.69) is 5.32 Å². The number of benzene rings is 1. The van der Waals surface area contributed by atoms with E-state index in [1.54, 1.807) is 26.2 Å². The van der Waals surface area contributed by atoms with Gasteiger partial charge in [-0.3, -0.25) is 4.79 Å². The molecule has 0 aliphatic rings. The van der Waals surface area contributed by atoms with Crippen LogP contribution >= 0.6 is 0 Å². The number of hydrogen-bond donors (Lipinski definition) is 2. The van der Waals surface area contributed by atoms with Gasteiger partial charge < -0.3 is 20.7 Å². The Balaban J connectivity index is 2.77. The van der Waals surface area contributed by atoms with Crippen LogP contribution in [0.15, 0.2) is 18.2 Å². The van der Waals surface area contributed by atoms with Crippen LogP contribution in [0.3, 0.4) is 0 Å². The third-order valence-corrected chi connectivity index (χ3v) is 2.94. The Kier molecular flexibility index (Phi) is 5.39. The Morgan fingerprint density at radius 1 is 1.40 bits per heavy atom. The molecule has 1 aromatic rings. The largest absolute Gasteiger partial charge is 0.397 e. The van der Waals surface area contributed by atoms with Crippen molar-refractivity contribution in [3.05, 3.63) is 23.8 Å². The van der Waals surface area contributed by atoms with Gasteiger partial charge in [0.1, 0.15) is 0 Å². The van der Waals surface area contributed by atoms with Gasteiger partial charge in [0.05, 0.1) is 17.0 Å². The molecule has 0 aromatic heterocycles. The lowest BCUT2D eigenvalue weighted by atomic mass is 10.1. The number of hydrogen-bond acceptors (Lipinski definition) is 4. The van der Waals surface area contributed by atoms with E-state index in [-0.39, 0.29) is 11.5 Å². The van der Waals surface area contributed by atoms with Gasteiger partial charge in [-0.1, -0.05) is 0 Å². The van der Waals surface area contributed by atoms with Crippen molar-refractivity contribution in [2.45, 2.75) is 26.4 Å². The van der Waals surface area contributed by atoms with Gasteiger partial charge in [-0.05, 0) is 39.0 Å². The van der Waals surface area contributed by atoms with Gasteiger partial charge in [0.25, 0.3) is 5.91 Å². The Hall–Kier alpha value is -1.75. The third kappa shape index (κ3) is 4.42. The van der Waals surface area contributed by atoms with Crippen LogP contribution in [0, 0.1) is 0 Å². The second-order valence-electron chi connectivity index (χ2n) is 5.55. The molecule has 20 heavy (non-hydrogen) atoms. The number of anilines is 2. The Morgan fingerprint density at radius 2 is 2.05 bits per heavy atom. The zero-order valence-electron chi connectivity index (χ0n) is 13.0. The molecule has 1 aromatic carbocycles. The fourth-order valence-electron chi connectivity index (χ4n) is 1.86. The van der Waals surface area contributed by atoms with Crippen LogP contribution in [0.25, 0.3) is 0 Å². The van der Waals surface area contributed by atoms with E-state index >= 15 is 0 Å². The van der Waals surface area contributed by atoms with Gasteiger partial charge >= 0.3 is 0 Å². The van der Waals surface area contributed by atoms with Gasteiger partial charge in [-0.2, -0.15) is 0 Å². The van der Waals surface area contributed by atoms with E-state index in [0.29, 0.717) is 24.4 Å². The summed E-state index contributed by atoms with van der Waals surface area (Å²) in [5.41, 5.74) is 7.68. The molecule has 0 unspecified atom stereocenters. The summed E-state index contributed by atoms with van der Waals surface area (Å²) in [5.74, 6) is -0.0575. The third-order valence-electron chi connectivity index (χ3n) is 2.94. The van der Waals surface area contributed by atoms with E-state index in [1.807, 2.05) is 26.8 Å². The summed E-state index contributed by atoms with van der Waals surface area (Å²) in [7, 11) is 3.44. The van der Waals surface area contributed by atoms with Crippen molar-refractivity contribution in [2.24, 2.45) is 0 Å². The molecule has 3 N–H and O–H groups in total. The molecule has 0 heterocycles. The lowest BCUT2D eigenvalue weighted by molar-refractivity contribution is 0.000706. The number of nitrogens with one attached hydrogen (secondary N) is 1. The molecule has 0 aliphatic carbocycles. The lowest BCUT2D eigenvalue weighted by Crippen LogP contribution is -2.33. The topological polar surface area (TPSA) is 67.6 Å². The fraction of sp³-hybridized carbons (Fsp3) is 0.533. The molecule has 1 amide bonds. The molecule has 5 nitrogen and oxygen atoms in total. The number of ether oxygens (including phenoxy) is 1. The lowest BCUT2D eigenvalue weighted by Gasteiger charge is -2.26. The minimum absolute atomic E-state index is 0.0575. The average molecular weight is 279 g/mol. The van der Waals surface area contributed by atoms with Crippen LogP contribution in [0.4, 0.5) is 11.4 Å². The Labute approximate surface area is 121 Å². The summed E-state index contributed by atoms with van der Waals surface area (Å²) >= 11 is 0. The number of nitrogens with two attached hydrogens (primary N) is 1. The van der Waals surface area contributed by atoms with Crippen molar-refractivity contribution in [2.75, 3.05) is 38.3 Å². The Bertz CT molecular complexity index is 470. The van der Waals surface area contributed by atoms with Gasteiger partial charge in [0, 0.05) is 32.8 Å². The van der Waals surface area contributed by atoms with Gasteiger partial charge in [-0.25, -0.2) is 0 Å². The molecule has 1 rings (SSSR count). The molecule has 0 atom stereocenters. The molecule has 5 heteroatoms. The monoisotopic (exact) mass is 279 g/mol. The van der Waals surface area contributed by atoms with Crippen molar-refractivity contribution in [1.82, 2.24) is 4.90 Å². The summed E-state index contributed by atoms with van der Waals surface area (Å²) in [4.78, 5) is 13.4. The number of rotatable bonds is 6. The van der Waals surface area contributed by atoms with E-state index < -0.39 is 0 Å². The number of carbonyl (C=O) groups excluding carboxylic acids is 1. The van der Waals surface area contributed by atoms with Crippen LogP contribution in [0.5, 0.6) is 0 Å². The highest BCUT2D eigenvalue weighted by Crippen LogP contribution is 2.22. The number of nitrogen functional groups attached to an aromatic ring is 1. The fourth-order valence-corrected chi connectivity index (χ4v) is 1.86. The molecule has 112 valence electrons. The molecule has 0 saturated carbocycles. The second kappa shape index (κ2) is 6.61. The van der Waals surface area contributed by atoms with Gasteiger partial charge in [-0.15, -0.1) is 0 Å². The first kappa shape index (κ1) is 16.3. The van der Waals surface area contributed by atoms with Crippen molar-refractivity contribution >= 4 is 17.3 Å². The number of carbonyl (C=O) groups is 1. The maximum atomic E-state index is 11.8. The van der Waals surface area contributed by atoms with Crippen LogP contribution in [-0.2, 0) is 4.74 Å². The first-order chi connectivity index (χ1) is 9.26. The summed E-state index contributed by atoms with van der Waals surface area (Å²) in [5, 5.41) is 3.26. The summed E-state index contributed by atoms with van der Waals surface area (Å²) < 4.78 is 5.62. The maximum Gasteiger partial charge on any atom is 0.253 e. The SMILES string of the molecule is CCOC(C)(C)CNc1ccc(C(=O)N(C)C)cc1N. The van der Waals surface area contributed by atoms with Crippen molar-refractivity contribution < 1.29 is 9.53 Å². The van der Waals surface area contributed by atoms with Crippen molar-refractivity contribution in [3.63, 3.8) is 0 Å². The molecule has 0 aliphatic heterocycles. The minimum atomic E-state index is -0.265. The van der Waals surface area contributed by atoms with E-state index in [1.165, 1.54) is 4.90 Å². The smallest absolute Gasteiger partial charge is 0.253 e. The van der Waals surface area contributed by atoms with E-state index in [0.717, 1.165) is 5.69 Å². The molecule has 0 bridgehead atoms. The maximum absolute atomic E-state index is 11.8. The molecule has 0 fully saturated rings. The Morgan fingerprint density at radius 3 is 2.55 bits per heavy atom. The summed E-state index contributed by atoms with van der Waals surface area (Å²) in [6, 6.07) is 5.29. The van der Waals surface area contributed by atoms with Crippen molar-refractivity contribution in [3.8, 4) is 0 Å². The van der Waals surface area contributed by atoms with Crippen molar-refractivity contribution in [1.29, 1.82) is 0 Å². The van der Waals surface area contributed by atoms with Crippen LogP contribution in [0.2, 0.25) is 0 Å². The van der Waals surface area contributed by atoms with Crippen LogP contribution < -0.4 is 11.1 Å². The highest BCUT2D eigenvalue weighted by molar-refractivity contribution is 5.95. The van der Waals surface area contributed by atoms with Crippen LogP contribution in [-0.4, -0.2) is 43.7 Å². The van der Waals surface area contributed by atoms with E-state index in [9.17, 15) is 4.79 Å². The predicted octanol–water partition coefficient (Wildman–Crippen LogP) is 2.20. The highest BCUT2D eigenvalue weighted by Gasteiger charge is 2.18. The highest BCUT2D eigenvalue weighted by atomic mass is 16.5. The summed E-state index contributed by atoms with van der Waals surface area (Å²) in [6.07, 6.45) is 0. The van der Waals surface area contributed by atoms with Gasteiger partial charge in [0.15, 0.2) is 0 Å². The zero-order valence-corrected chi connectivity index (χ0v) is 13.0.